The average molecular weight is 274 g/mol. The summed E-state index contributed by atoms with van der Waals surface area (Å²) in [6.07, 6.45) is 8.11. The number of hydrogen-bond donors (Lipinski definition) is 1. The van der Waals surface area contributed by atoms with E-state index in [1.54, 1.807) is 0 Å². The van der Waals surface area contributed by atoms with E-state index < -0.39 is 0 Å². The SMILES string of the molecule is Cc1ccc(CN(C)CC2(CN)CCCCCC2)cc1. The molecular weight excluding hydrogens is 244 g/mol. The standard InChI is InChI=1S/C18H30N2/c1-16-7-9-17(10-8-16)13-20(2)15-18(14-19)11-5-3-4-6-12-18/h7-10H,3-6,11-15,19H2,1-2H3. The zero-order valence-electron chi connectivity index (χ0n) is 13.2. The van der Waals surface area contributed by atoms with Gasteiger partial charge in [-0.1, -0.05) is 55.5 Å². The number of rotatable bonds is 5. The van der Waals surface area contributed by atoms with Crippen LogP contribution in [-0.4, -0.2) is 25.0 Å². The van der Waals surface area contributed by atoms with E-state index in [1.165, 1.54) is 49.7 Å². The third-order valence-corrected chi connectivity index (χ3v) is 4.78. The van der Waals surface area contributed by atoms with Gasteiger partial charge in [0, 0.05) is 13.1 Å². The number of nitrogens with two attached hydrogens (primary N) is 1. The Kier molecular flexibility index (Phi) is 5.62. The summed E-state index contributed by atoms with van der Waals surface area (Å²) in [7, 11) is 2.24. The van der Waals surface area contributed by atoms with E-state index in [0.29, 0.717) is 5.41 Å². The Bertz CT molecular complexity index is 388. The van der Waals surface area contributed by atoms with Gasteiger partial charge < -0.3 is 10.6 Å². The van der Waals surface area contributed by atoms with E-state index in [9.17, 15) is 0 Å². The molecule has 0 heterocycles. The van der Waals surface area contributed by atoms with Crippen LogP contribution in [0.3, 0.4) is 0 Å². The van der Waals surface area contributed by atoms with Crippen LogP contribution in [0.4, 0.5) is 0 Å². The molecule has 1 aromatic carbocycles. The maximum absolute atomic E-state index is 6.14. The van der Waals surface area contributed by atoms with Crippen molar-refractivity contribution in [2.24, 2.45) is 11.1 Å². The highest BCUT2D eigenvalue weighted by molar-refractivity contribution is 5.21. The van der Waals surface area contributed by atoms with Gasteiger partial charge in [-0.3, -0.25) is 0 Å². The van der Waals surface area contributed by atoms with E-state index in [1.807, 2.05) is 0 Å². The molecule has 20 heavy (non-hydrogen) atoms. The minimum Gasteiger partial charge on any atom is -0.330 e. The van der Waals surface area contributed by atoms with Crippen molar-refractivity contribution in [3.63, 3.8) is 0 Å². The Balaban J connectivity index is 1.94. The first kappa shape index (κ1) is 15.5. The Morgan fingerprint density at radius 2 is 1.65 bits per heavy atom. The first-order chi connectivity index (χ1) is 9.63. The molecule has 2 rings (SSSR count). The van der Waals surface area contributed by atoms with Gasteiger partial charge in [-0.15, -0.1) is 0 Å². The molecule has 1 saturated carbocycles. The zero-order chi connectivity index (χ0) is 14.4. The maximum Gasteiger partial charge on any atom is 0.0230 e. The van der Waals surface area contributed by atoms with Gasteiger partial charge in [-0.25, -0.2) is 0 Å². The minimum absolute atomic E-state index is 0.357. The molecule has 2 heteroatoms. The van der Waals surface area contributed by atoms with Crippen molar-refractivity contribution in [2.45, 2.75) is 52.0 Å². The molecule has 0 radical (unpaired) electrons. The van der Waals surface area contributed by atoms with Crippen molar-refractivity contribution < 1.29 is 0 Å². The van der Waals surface area contributed by atoms with Gasteiger partial charge in [0.05, 0.1) is 0 Å². The Morgan fingerprint density at radius 3 is 2.20 bits per heavy atom. The predicted octanol–water partition coefficient (Wildman–Crippen LogP) is 3.73. The molecule has 1 aromatic rings. The zero-order valence-corrected chi connectivity index (χ0v) is 13.2. The summed E-state index contributed by atoms with van der Waals surface area (Å²) in [6.45, 7) is 5.15. The largest absolute Gasteiger partial charge is 0.330 e. The minimum atomic E-state index is 0.357. The first-order valence-electron chi connectivity index (χ1n) is 8.08. The van der Waals surface area contributed by atoms with Crippen LogP contribution < -0.4 is 5.73 Å². The van der Waals surface area contributed by atoms with E-state index in [-0.39, 0.29) is 0 Å². The molecule has 0 saturated heterocycles. The maximum atomic E-state index is 6.14. The van der Waals surface area contributed by atoms with Crippen molar-refractivity contribution >= 4 is 0 Å². The molecule has 112 valence electrons. The van der Waals surface area contributed by atoms with Gasteiger partial charge in [-0.2, -0.15) is 0 Å². The smallest absolute Gasteiger partial charge is 0.0230 e. The van der Waals surface area contributed by atoms with Crippen molar-refractivity contribution in [1.82, 2.24) is 4.90 Å². The summed E-state index contributed by atoms with van der Waals surface area (Å²) in [5.74, 6) is 0. The molecule has 1 fully saturated rings. The molecule has 0 unspecified atom stereocenters. The molecule has 0 spiro atoms. The van der Waals surface area contributed by atoms with Crippen molar-refractivity contribution in [3.8, 4) is 0 Å². The second-order valence-electron chi connectivity index (χ2n) is 6.78. The lowest BCUT2D eigenvalue weighted by molar-refractivity contribution is 0.153. The Morgan fingerprint density at radius 1 is 1.05 bits per heavy atom. The molecule has 2 nitrogen and oxygen atoms in total. The van der Waals surface area contributed by atoms with Crippen LogP contribution in [0.2, 0.25) is 0 Å². The van der Waals surface area contributed by atoms with Gasteiger partial charge in [0.1, 0.15) is 0 Å². The van der Waals surface area contributed by atoms with Gasteiger partial charge >= 0.3 is 0 Å². The summed E-state index contributed by atoms with van der Waals surface area (Å²) >= 11 is 0. The van der Waals surface area contributed by atoms with Gasteiger partial charge in [0.15, 0.2) is 0 Å². The number of aryl methyl sites for hydroxylation is 1. The fourth-order valence-electron chi connectivity index (χ4n) is 3.54. The average Bonchev–Trinajstić information content (AvgIpc) is 2.67. The molecule has 0 aliphatic heterocycles. The highest BCUT2D eigenvalue weighted by atomic mass is 15.1. The van der Waals surface area contributed by atoms with Crippen molar-refractivity contribution in [2.75, 3.05) is 20.1 Å². The van der Waals surface area contributed by atoms with E-state index in [0.717, 1.165) is 19.6 Å². The van der Waals surface area contributed by atoms with Crippen LogP contribution >= 0.6 is 0 Å². The number of nitrogens with zero attached hydrogens (tertiary/aromatic N) is 1. The Labute approximate surface area is 124 Å². The molecule has 0 amide bonds. The fraction of sp³-hybridized carbons (Fsp3) is 0.667. The van der Waals surface area contributed by atoms with Crippen LogP contribution in [0.1, 0.15) is 49.7 Å². The topological polar surface area (TPSA) is 29.3 Å². The lowest BCUT2D eigenvalue weighted by Crippen LogP contribution is -2.40. The van der Waals surface area contributed by atoms with Crippen LogP contribution in [0.25, 0.3) is 0 Å². The summed E-state index contributed by atoms with van der Waals surface area (Å²) in [4.78, 5) is 2.46. The van der Waals surface area contributed by atoms with E-state index in [2.05, 4.69) is 43.1 Å². The second kappa shape index (κ2) is 7.24. The summed E-state index contributed by atoms with van der Waals surface area (Å²) in [5, 5.41) is 0. The van der Waals surface area contributed by atoms with Crippen LogP contribution in [0, 0.1) is 12.3 Å². The second-order valence-corrected chi connectivity index (χ2v) is 6.78. The molecule has 2 N–H and O–H groups in total. The van der Waals surface area contributed by atoms with Crippen LogP contribution in [0.15, 0.2) is 24.3 Å². The summed E-state index contributed by atoms with van der Waals surface area (Å²) < 4.78 is 0. The highest BCUT2D eigenvalue weighted by Gasteiger charge is 2.30. The normalized spacial score (nSPS) is 19.0. The third-order valence-electron chi connectivity index (χ3n) is 4.78. The number of hydrogen-bond acceptors (Lipinski definition) is 2. The molecule has 1 aliphatic rings. The van der Waals surface area contributed by atoms with Gasteiger partial charge in [0.25, 0.3) is 0 Å². The van der Waals surface area contributed by atoms with Gasteiger partial charge in [0.2, 0.25) is 0 Å². The first-order valence-corrected chi connectivity index (χ1v) is 8.08. The molecular formula is C18H30N2. The van der Waals surface area contributed by atoms with E-state index in [4.69, 9.17) is 5.73 Å². The number of benzene rings is 1. The Hall–Kier alpha value is -0.860. The molecule has 1 aliphatic carbocycles. The molecule has 0 atom stereocenters. The van der Waals surface area contributed by atoms with Crippen LogP contribution in [-0.2, 0) is 6.54 Å². The highest BCUT2D eigenvalue weighted by Crippen LogP contribution is 2.35. The van der Waals surface area contributed by atoms with E-state index >= 15 is 0 Å². The summed E-state index contributed by atoms with van der Waals surface area (Å²) in [5.41, 5.74) is 9.23. The van der Waals surface area contributed by atoms with Gasteiger partial charge in [-0.05, 0) is 44.3 Å². The third kappa shape index (κ3) is 4.32. The molecule has 0 aromatic heterocycles. The molecule has 0 bridgehead atoms. The van der Waals surface area contributed by atoms with Crippen molar-refractivity contribution in [3.05, 3.63) is 35.4 Å². The predicted molar refractivity (Wildman–Crippen MR) is 86.7 cm³/mol. The summed E-state index contributed by atoms with van der Waals surface area (Å²) in [6, 6.07) is 8.89. The monoisotopic (exact) mass is 274 g/mol. The quantitative estimate of drug-likeness (QED) is 0.829. The lowest BCUT2D eigenvalue weighted by Gasteiger charge is -2.35. The fourth-order valence-corrected chi connectivity index (χ4v) is 3.54. The van der Waals surface area contributed by atoms with Crippen molar-refractivity contribution in [1.29, 1.82) is 0 Å². The van der Waals surface area contributed by atoms with Crippen LogP contribution in [0.5, 0.6) is 0 Å². The lowest BCUT2D eigenvalue weighted by atomic mass is 9.80.